The summed E-state index contributed by atoms with van der Waals surface area (Å²) in [5.41, 5.74) is 3.48. The van der Waals surface area contributed by atoms with Crippen LogP contribution in [0, 0.1) is 0 Å². The topological polar surface area (TPSA) is 77.8 Å². The largest absolute Gasteiger partial charge is 0.361 e. The van der Waals surface area contributed by atoms with Gasteiger partial charge in [-0.05, 0) is 34.6 Å². The van der Waals surface area contributed by atoms with Crippen LogP contribution in [0.5, 0.6) is 0 Å². The van der Waals surface area contributed by atoms with Crippen molar-refractivity contribution in [1.82, 2.24) is 9.97 Å². The number of aromatic amines is 2. The Labute approximate surface area is 154 Å². The molecule has 0 saturated heterocycles. The molecule has 3 N–H and O–H groups in total. The van der Waals surface area contributed by atoms with Gasteiger partial charge in [-0.2, -0.15) is 0 Å². The molecule has 0 radical (unpaired) electrons. The summed E-state index contributed by atoms with van der Waals surface area (Å²) in [6, 6.07) is 7.57. The first-order valence-electron chi connectivity index (χ1n) is 8.36. The fraction of sp³-hybridized carbons (Fsp3) is 0.200. The molecule has 4 aromatic rings. The van der Waals surface area contributed by atoms with Crippen LogP contribution in [-0.2, 0) is 5.41 Å². The number of carbonyl (C=O) groups is 1. The number of H-pyrrole nitrogens is 2. The molecule has 5 nitrogen and oxygen atoms in total. The van der Waals surface area contributed by atoms with Crippen molar-refractivity contribution in [2.75, 3.05) is 5.32 Å². The Hall–Kier alpha value is -2.86. The molecule has 132 valence electrons. The molecule has 0 aliphatic rings. The predicted octanol–water partition coefficient (Wildman–Crippen LogP) is 4.62. The van der Waals surface area contributed by atoms with Gasteiger partial charge in [-0.15, -0.1) is 11.3 Å². The van der Waals surface area contributed by atoms with Gasteiger partial charge in [0.25, 0.3) is 5.91 Å². The molecular weight excluding hydrogens is 346 g/mol. The average molecular weight is 365 g/mol. The van der Waals surface area contributed by atoms with Crippen molar-refractivity contribution >= 4 is 44.1 Å². The standard InChI is InChI=1S/C20H19N3O2S/c1-20(2,3)14-10-22-16-8-11(4-5-12(14)16)23-19(25)13-9-21-15-6-7-26-18(15)17(13)24/h4-10,22H,1-3H3,(H,21,24)(H,23,25). The third-order valence-corrected chi connectivity index (χ3v) is 5.39. The Balaban J connectivity index is 1.67. The summed E-state index contributed by atoms with van der Waals surface area (Å²) in [5.74, 6) is -0.413. The molecule has 0 aliphatic heterocycles. The lowest BCUT2D eigenvalue weighted by molar-refractivity contribution is 0.102. The first-order chi connectivity index (χ1) is 12.3. The molecule has 0 aliphatic carbocycles. The number of fused-ring (bicyclic) bond motifs is 2. The molecule has 1 amide bonds. The summed E-state index contributed by atoms with van der Waals surface area (Å²) in [6.45, 7) is 6.49. The lowest BCUT2D eigenvalue weighted by Crippen LogP contribution is -2.21. The smallest absolute Gasteiger partial charge is 0.261 e. The molecule has 0 spiro atoms. The van der Waals surface area contributed by atoms with E-state index >= 15 is 0 Å². The van der Waals surface area contributed by atoms with E-state index in [1.807, 2.05) is 35.8 Å². The molecule has 4 rings (SSSR count). The number of thiophene rings is 1. The quantitative estimate of drug-likeness (QED) is 0.485. The fourth-order valence-corrected chi connectivity index (χ4v) is 3.94. The number of rotatable bonds is 2. The molecule has 3 heterocycles. The summed E-state index contributed by atoms with van der Waals surface area (Å²) < 4.78 is 0.562. The molecule has 0 bridgehead atoms. The molecule has 0 unspecified atom stereocenters. The Morgan fingerprint density at radius 3 is 2.62 bits per heavy atom. The zero-order valence-corrected chi connectivity index (χ0v) is 15.6. The third kappa shape index (κ3) is 2.72. The Kier molecular flexibility index (Phi) is 3.73. The van der Waals surface area contributed by atoms with Gasteiger partial charge >= 0.3 is 0 Å². The minimum absolute atomic E-state index is 0.0342. The van der Waals surface area contributed by atoms with Crippen LogP contribution in [0.3, 0.4) is 0 Å². The van der Waals surface area contributed by atoms with E-state index in [0.29, 0.717) is 10.4 Å². The van der Waals surface area contributed by atoms with Gasteiger partial charge in [0.05, 0.1) is 10.2 Å². The molecule has 1 aromatic carbocycles. The second-order valence-electron chi connectivity index (χ2n) is 7.36. The molecular formula is C20H19N3O2S. The van der Waals surface area contributed by atoms with Gasteiger partial charge in [-0.3, -0.25) is 9.59 Å². The van der Waals surface area contributed by atoms with Crippen LogP contribution in [0.2, 0.25) is 0 Å². The maximum Gasteiger partial charge on any atom is 0.261 e. The maximum atomic E-state index is 12.6. The van der Waals surface area contributed by atoms with E-state index in [0.717, 1.165) is 16.4 Å². The first kappa shape index (κ1) is 16.6. The molecule has 0 atom stereocenters. The minimum Gasteiger partial charge on any atom is -0.361 e. The highest BCUT2D eigenvalue weighted by atomic mass is 32.1. The van der Waals surface area contributed by atoms with Gasteiger partial charge in [0.1, 0.15) is 5.56 Å². The number of anilines is 1. The summed E-state index contributed by atoms with van der Waals surface area (Å²) in [4.78, 5) is 31.3. The van der Waals surface area contributed by atoms with Gasteiger partial charge in [-0.25, -0.2) is 0 Å². The van der Waals surface area contributed by atoms with Gasteiger partial charge in [-0.1, -0.05) is 26.8 Å². The van der Waals surface area contributed by atoms with Crippen LogP contribution in [0.25, 0.3) is 21.1 Å². The van der Waals surface area contributed by atoms with E-state index in [9.17, 15) is 9.59 Å². The molecule has 0 saturated carbocycles. The minimum atomic E-state index is -0.413. The predicted molar refractivity (Wildman–Crippen MR) is 107 cm³/mol. The van der Waals surface area contributed by atoms with Crippen LogP contribution in [0.15, 0.2) is 46.8 Å². The number of hydrogen-bond acceptors (Lipinski definition) is 3. The number of benzene rings is 1. The summed E-state index contributed by atoms with van der Waals surface area (Å²) in [7, 11) is 0. The molecule has 3 aromatic heterocycles. The van der Waals surface area contributed by atoms with Crippen molar-refractivity contribution in [2.24, 2.45) is 0 Å². The van der Waals surface area contributed by atoms with Gasteiger partial charge in [0, 0.05) is 29.0 Å². The monoisotopic (exact) mass is 365 g/mol. The van der Waals surface area contributed by atoms with Crippen LogP contribution in [0.4, 0.5) is 5.69 Å². The van der Waals surface area contributed by atoms with E-state index < -0.39 is 5.91 Å². The average Bonchev–Trinajstić information content (AvgIpc) is 3.20. The van der Waals surface area contributed by atoms with E-state index in [-0.39, 0.29) is 16.4 Å². The van der Waals surface area contributed by atoms with Crippen LogP contribution >= 0.6 is 11.3 Å². The summed E-state index contributed by atoms with van der Waals surface area (Å²) >= 11 is 1.33. The molecule has 0 fully saturated rings. The second-order valence-corrected chi connectivity index (χ2v) is 8.28. The summed E-state index contributed by atoms with van der Waals surface area (Å²) in [5, 5.41) is 5.78. The molecule has 6 heteroatoms. The normalized spacial score (nSPS) is 12.0. The first-order valence-corrected chi connectivity index (χ1v) is 9.24. The lowest BCUT2D eigenvalue weighted by Gasteiger charge is -2.17. The fourth-order valence-electron chi connectivity index (χ4n) is 3.13. The number of pyridine rings is 1. The van der Waals surface area contributed by atoms with E-state index in [4.69, 9.17) is 0 Å². The van der Waals surface area contributed by atoms with Crippen molar-refractivity contribution in [3.63, 3.8) is 0 Å². The number of nitrogens with one attached hydrogen (secondary N) is 3. The highest BCUT2D eigenvalue weighted by Gasteiger charge is 2.19. The van der Waals surface area contributed by atoms with Crippen molar-refractivity contribution in [2.45, 2.75) is 26.2 Å². The Morgan fingerprint density at radius 2 is 1.85 bits per heavy atom. The van der Waals surface area contributed by atoms with Crippen molar-refractivity contribution in [3.05, 3.63) is 63.4 Å². The van der Waals surface area contributed by atoms with Crippen LogP contribution < -0.4 is 10.7 Å². The van der Waals surface area contributed by atoms with Crippen molar-refractivity contribution < 1.29 is 4.79 Å². The number of carbonyl (C=O) groups excluding carboxylic acids is 1. The van der Waals surface area contributed by atoms with E-state index in [1.165, 1.54) is 23.1 Å². The molecule has 26 heavy (non-hydrogen) atoms. The SMILES string of the molecule is CC(C)(C)c1c[nH]c2cc(NC(=O)c3c[nH]c4ccsc4c3=O)ccc12. The Morgan fingerprint density at radius 1 is 1.08 bits per heavy atom. The highest BCUT2D eigenvalue weighted by molar-refractivity contribution is 7.17. The van der Waals surface area contributed by atoms with Crippen LogP contribution in [0.1, 0.15) is 36.7 Å². The highest BCUT2D eigenvalue weighted by Crippen LogP contribution is 2.31. The van der Waals surface area contributed by atoms with E-state index in [1.54, 1.807) is 0 Å². The lowest BCUT2D eigenvalue weighted by atomic mass is 9.87. The van der Waals surface area contributed by atoms with Gasteiger partial charge < -0.3 is 15.3 Å². The third-order valence-electron chi connectivity index (χ3n) is 4.48. The maximum absolute atomic E-state index is 12.6. The summed E-state index contributed by atoms with van der Waals surface area (Å²) in [6.07, 6.45) is 3.48. The number of hydrogen-bond donors (Lipinski definition) is 3. The number of aromatic nitrogens is 2. The van der Waals surface area contributed by atoms with Crippen molar-refractivity contribution in [1.29, 1.82) is 0 Å². The Bertz CT molecular complexity index is 1190. The van der Waals surface area contributed by atoms with Crippen LogP contribution in [-0.4, -0.2) is 15.9 Å². The zero-order chi connectivity index (χ0) is 18.5. The van der Waals surface area contributed by atoms with Crippen molar-refractivity contribution in [3.8, 4) is 0 Å². The van der Waals surface area contributed by atoms with Gasteiger partial charge in [0.15, 0.2) is 0 Å². The second kappa shape index (κ2) is 5.85. The number of amides is 1. The van der Waals surface area contributed by atoms with Gasteiger partial charge in [0.2, 0.25) is 5.43 Å². The zero-order valence-electron chi connectivity index (χ0n) is 14.8. The van der Waals surface area contributed by atoms with E-state index in [2.05, 4.69) is 36.1 Å².